The number of hydrogen-bond acceptors (Lipinski definition) is 5. The second kappa shape index (κ2) is 6.74. The van der Waals surface area contributed by atoms with Gasteiger partial charge in [0.05, 0.1) is 5.97 Å². The molecule has 0 aliphatic rings. The molecule has 1 aromatic rings. The van der Waals surface area contributed by atoms with Crippen molar-refractivity contribution in [3.63, 3.8) is 0 Å². The monoisotopic (exact) mass is 288 g/mol. The van der Waals surface area contributed by atoms with Crippen LogP contribution in [-0.4, -0.2) is 17.5 Å². The molecule has 21 heavy (non-hydrogen) atoms. The zero-order chi connectivity index (χ0) is 16.0. The zero-order valence-electron chi connectivity index (χ0n) is 12.3. The fourth-order valence-electron chi connectivity index (χ4n) is 1.51. The number of anilines is 1. The van der Waals surface area contributed by atoms with Gasteiger partial charge in [-0.3, -0.25) is 0 Å². The molecule has 112 valence electrons. The highest BCUT2D eigenvalue weighted by Gasteiger charge is 2.13. The Morgan fingerprint density at radius 3 is 2.38 bits per heavy atom. The molecule has 0 aliphatic heterocycles. The highest BCUT2D eigenvalue weighted by atomic mass is 16.6. The van der Waals surface area contributed by atoms with Crippen LogP contribution >= 0.6 is 0 Å². The van der Waals surface area contributed by atoms with E-state index in [9.17, 15) is 14.7 Å². The molecular weight excluding hydrogens is 270 g/mol. The van der Waals surface area contributed by atoms with Crippen LogP contribution in [0.3, 0.4) is 0 Å². The SMILES string of the molecule is CC(C)(C)OC(=O)/C=C/c1ccc(/C=C/C(=O)[O-])cc1N. The number of carbonyl (C=O) groups excluding carboxylic acids is 2. The summed E-state index contributed by atoms with van der Waals surface area (Å²) in [6.45, 7) is 5.35. The number of benzene rings is 1. The van der Waals surface area contributed by atoms with E-state index in [0.29, 0.717) is 16.8 Å². The van der Waals surface area contributed by atoms with E-state index in [1.54, 1.807) is 45.0 Å². The summed E-state index contributed by atoms with van der Waals surface area (Å²) in [5, 5.41) is 10.3. The van der Waals surface area contributed by atoms with Crippen molar-refractivity contribution in [3.8, 4) is 0 Å². The average molecular weight is 288 g/mol. The molecule has 0 bridgehead atoms. The lowest BCUT2D eigenvalue weighted by molar-refractivity contribution is -0.297. The lowest BCUT2D eigenvalue weighted by atomic mass is 10.1. The minimum atomic E-state index is -1.28. The Morgan fingerprint density at radius 2 is 1.86 bits per heavy atom. The maximum Gasteiger partial charge on any atom is 0.331 e. The van der Waals surface area contributed by atoms with Gasteiger partial charge in [0.2, 0.25) is 0 Å². The number of nitrogen functional groups attached to an aromatic ring is 1. The maximum atomic E-state index is 11.6. The first-order valence-electron chi connectivity index (χ1n) is 6.37. The van der Waals surface area contributed by atoms with Gasteiger partial charge < -0.3 is 20.4 Å². The van der Waals surface area contributed by atoms with Gasteiger partial charge in [-0.15, -0.1) is 0 Å². The number of carboxylic acid groups (broad SMARTS) is 1. The fraction of sp³-hybridized carbons (Fsp3) is 0.250. The lowest BCUT2D eigenvalue weighted by Crippen LogP contribution is -2.22. The first-order chi connectivity index (χ1) is 9.67. The van der Waals surface area contributed by atoms with Gasteiger partial charge >= 0.3 is 5.97 Å². The van der Waals surface area contributed by atoms with Gasteiger partial charge in [0.15, 0.2) is 0 Å². The first-order valence-corrected chi connectivity index (χ1v) is 6.37. The first kappa shape index (κ1) is 16.5. The Bertz CT molecular complexity index is 595. The number of aliphatic carboxylic acids is 1. The summed E-state index contributed by atoms with van der Waals surface area (Å²) in [4.78, 5) is 21.9. The van der Waals surface area contributed by atoms with E-state index in [1.807, 2.05) is 0 Å². The number of esters is 1. The van der Waals surface area contributed by atoms with Crippen molar-refractivity contribution < 1.29 is 19.4 Å². The molecule has 0 heterocycles. The van der Waals surface area contributed by atoms with Crippen molar-refractivity contribution in [3.05, 3.63) is 41.5 Å². The van der Waals surface area contributed by atoms with Crippen LogP contribution in [0, 0.1) is 0 Å². The van der Waals surface area contributed by atoms with Crippen molar-refractivity contribution >= 4 is 29.8 Å². The number of nitrogens with two attached hydrogens (primary N) is 1. The van der Waals surface area contributed by atoms with Gasteiger partial charge in [-0.1, -0.05) is 18.2 Å². The molecule has 0 fully saturated rings. The van der Waals surface area contributed by atoms with Crippen LogP contribution < -0.4 is 10.8 Å². The Labute approximate surface area is 123 Å². The highest BCUT2D eigenvalue weighted by Crippen LogP contribution is 2.17. The third-order valence-electron chi connectivity index (χ3n) is 2.33. The van der Waals surface area contributed by atoms with Crippen molar-refractivity contribution in [1.82, 2.24) is 0 Å². The molecule has 0 spiro atoms. The molecule has 0 amide bonds. The molecule has 0 atom stereocenters. The van der Waals surface area contributed by atoms with Crippen LogP contribution in [0.15, 0.2) is 30.4 Å². The summed E-state index contributed by atoms with van der Waals surface area (Å²) in [6.07, 6.45) is 5.15. The van der Waals surface area contributed by atoms with Crippen molar-refractivity contribution in [1.29, 1.82) is 0 Å². The normalized spacial score (nSPS) is 12.0. The number of hydrogen-bond donors (Lipinski definition) is 1. The summed E-state index contributed by atoms with van der Waals surface area (Å²) >= 11 is 0. The Hall–Kier alpha value is -2.56. The van der Waals surface area contributed by atoms with Gasteiger partial charge in [-0.05, 0) is 50.1 Å². The van der Waals surface area contributed by atoms with Crippen LogP contribution in [-0.2, 0) is 14.3 Å². The third-order valence-corrected chi connectivity index (χ3v) is 2.33. The molecule has 0 radical (unpaired) electrons. The maximum absolute atomic E-state index is 11.6. The number of ether oxygens (including phenoxy) is 1. The largest absolute Gasteiger partial charge is 0.545 e. The van der Waals surface area contributed by atoms with Gasteiger partial charge in [0, 0.05) is 11.8 Å². The lowest BCUT2D eigenvalue weighted by Gasteiger charge is -2.17. The number of rotatable bonds is 4. The molecule has 5 nitrogen and oxygen atoms in total. The summed E-state index contributed by atoms with van der Waals surface area (Å²) in [5.41, 5.74) is 6.99. The van der Waals surface area contributed by atoms with E-state index in [2.05, 4.69) is 0 Å². The molecule has 2 N–H and O–H groups in total. The number of carboxylic acids is 1. The van der Waals surface area contributed by atoms with Gasteiger partial charge in [-0.2, -0.15) is 0 Å². The van der Waals surface area contributed by atoms with Crippen LogP contribution in [0.1, 0.15) is 31.9 Å². The second-order valence-electron chi connectivity index (χ2n) is 5.41. The van der Waals surface area contributed by atoms with Gasteiger partial charge in [0.1, 0.15) is 5.60 Å². The highest BCUT2D eigenvalue weighted by molar-refractivity contribution is 5.89. The second-order valence-corrected chi connectivity index (χ2v) is 5.41. The average Bonchev–Trinajstić information content (AvgIpc) is 2.33. The van der Waals surface area contributed by atoms with E-state index in [0.717, 1.165) is 6.08 Å². The molecular formula is C16H18NO4-. The van der Waals surface area contributed by atoms with E-state index in [4.69, 9.17) is 10.5 Å². The predicted octanol–water partition coefficient (Wildman–Crippen LogP) is 1.39. The molecule has 1 aromatic carbocycles. The minimum absolute atomic E-state index is 0.426. The van der Waals surface area contributed by atoms with Crippen LogP contribution in [0.4, 0.5) is 5.69 Å². The molecule has 0 unspecified atom stereocenters. The molecule has 0 saturated carbocycles. The van der Waals surface area contributed by atoms with Crippen molar-refractivity contribution in [2.75, 3.05) is 5.73 Å². The summed E-state index contributed by atoms with van der Waals surface area (Å²) in [6, 6.07) is 4.98. The van der Waals surface area contributed by atoms with Crippen LogP contribution in [0.5, 0.6) is 0 Å². The number of carbonyl (C=O) groups is 2. The minimum Gasteiger partial charge on any atom is -0.545 e. The standard InChI is InChI=1S/C16H19NO4/c1-16(2,3)21-15(20)9-7-12-6-4-11(10-13(12)17)5-8-14(18)19/h4-10H,17H2,1-3H3,(H,18,19)/p-1/b8-5+,9-7+. The van der Waals surface area contributed by atoms with Crippen LogP contribution in [0.2, 0.25) is 0 Å². The Balaban J connectivity index is 2.81. The van der Waals surface area contributed by atoms with E-state index >= 15 is 0 Å². The summed E-state index contributed by atoms with van der Waals surface area (Å²) < 4.78 is 5.14. The van der Waals surface area contributed by atoms with Crippen molar-refractivity contribution in [2.45, 2.75) is 26.4 Å². The van der Waals surface area contributed by atoms with Gasteiger partial charge in [0.25, 0.3) is 0 Å². The summed E-state index contributed by atoms with van der Waals surface area (Å²) in [5.74, 6) is -1.73. The topological polar surface area (TPSA) is 92.5 Å². The third kappa shape index (κ3) is 6.42. The van der Waals surface area contributed by atoms with E-state index in [-0.39, 0.29) is 0 Å². The molecule has 0 aromatic heterocycles. The molecule has 5 heteroatoms. The van der Waals surface area contributed by atoms with E-state index < -0.39 is 17.5 Å². The molecule has 1 rings (SSSR count). The fourth-order valence-corrected chi connectivity index (χ4v) is 1.51. The smallest absolute Gasteiger partial charge is 0.331 e. The molecule has 0 aliphatic carbocycles. The summed E-state index contributed by atoms with van der Waals surface area (Å²) in [7, 11) is 0. The van der Waals surface area contributed by atoms with Crippen LogP contribution in [0.25, 0.3) is 12.2 Å². The zero-order valence-corrected chi connectivity index (χ0v) is 12.3. The Morgan fingerprint density at radius 1 is 1.19 bits per heavy atom. The van der Waals surface area contributed by atoms with Gasteiger partial charge in [-0.25, -0.2) is 4.79 Å². The quantitative estimate of drug-likeness (QED) is 0.513. The van der Waals surface area contributed by atoms with Crippen molar-refractivity contribution in [2.24, 2.45) is 0 Å². The Kier molecular flexibility index (Phi) is 5.30. The predicted molar refractivity (Wildman–Crippen MR) is 79.8 cm³/mol. The molecule has 0 saturated heterocycles. The van der Waals surface area contributed by atoms with E-state index in [1.165, 1.54) is 12.2 Å².